The highest BCUT2D eigenvalue weighted by Gasteiger charge is 2.34. The van der Waals surface area contributed by atoms with Gasteiger partial charge in [0.15, 0.2) is 0 Å². The number of likely N-dealkylation sites (tertiary alicyclic amines) is 1. The molecule has 1 atom stereocenters. The molecule has 0 radical (unpaired) electrons. The first-order chi connectivity index (χ1) is 18.5. The maximum Gasteiger partial charge on any atom is 0.251 e. The summed E-state index contributed by atoms with van der Waals surface area (Å²) < 4.78 is 5.96. The molecule has 10 heteroatoms. The fourth-order valence-electron chi connectivity index (χ4n) is 4.79. The SMILES string of the molecule is O=C(NCC(=O)N1CCC[C@H]1C(=O)NCc1cc2cnccc2[nH]1)c1ccc2c(c1)Oc1ccccc1S2. The van der Waals surface area contributed by atoms with E-state index in [1.54, 1.807) is 41.2 Å². The zero-order chi connectivity index (χ0) is 26.1. The van der Waals surface area contributed by atoms with Crippen LogP contribution in [0.1, 0.15) is 28.9 Å². The monoisotopic (exact) mass is 527 g/mol. The summed E-state index contributed by atoms with van der Waals surface area (Å²) in [6.45, 7) is 0.618. The molecular weight excluding hydrogens is 502 g/mol. The number of nitrogens with one attached hydrogen (secondary N) is 3. The van der Waals surface area contributed by atoms with Crippen molar-refractivity contribution in [3.63, 3.8) is 0 Å². The Balaban J connectivity index is 1.04. The summed E-state index contributed by atoms with van der Waals surface area (Å²) in [5, 5.41) is 6.60. The molecule has 192 valence electrons. The van der Waals surface area contributed by atoms with Crippen molar-refractivity contribution in [2.75, 3.05) is 13.1 Å². The average molecular weight is 528 g/mol. The maximum absolute atomic E-state index is 12.9. The van der Waals surface area contributed by atoms with Crippen LogP contribution >= 0.6 is 11.8 Å². The number of carbonyl (C=O) groups excluding carboxylic acids is 3. The van der Waals surface area contributed by atoms with Crippen LogP contribution in [-0.4, -0.2) is 51.7 Å². The zero-order valence-corrected chi connectivity index (χ0v) is 21.2. The summed E-state index contributed by atoms with van der Waals surface area (Å²) in [4.78, 5) is 49.5. The topological polar surface area (TPSA) is 116 Å². The Bertz CT molecular complexity index is 1520. The lowest BCUT2D eigenvalue weighted by Gasteiger charge is -2.24. The molecule has 0 spiro atoms. The average Bonchev–Trinajstić information content (AvgIpc) is 3.60. The molecule has 3 amide bonds. The Labute approximate surface area is 223 Å². The third-order valence-corrected chi connectivity index (χ3v) is 7.82. The van der Waals surface area contributed by atoms with E-state index in [-0.39, 0.29) is 24.3 Å². The van der Waals surface area contributed by atoms with Gasteiger partial charge in [-0.05, 0) is 55.3 Å². The first kappa shape index (κ1) is 24.1. The van der Waals surface area contributed by atoms with Crippen molar-refractivity contribution in [2.24, 2.45) is 0 Å². The lowest BCUT2D eigenvalue weighted by atomic mass is 10.2. The van der Waals surface area contributed by atoms with Crippen LogP contribution in [-0.2, 0) is 16.1 Å². The predicted octanol–water partition coefficient (Wildman–Crippen LogP) is 3.86. The van der Waals surface area contributed by atoms with Gasteiger partial charge in [-0.1, -0.05) is 23.9 Å². The van der Waals surface area contributed by atoms with Gasteiger partial charge >= 0.3 is 0 Å². The molecule has 0 aliphatic carbocycles. The van der Waals surface area contributed by atoms with E-state index in [1.807, 2.05) is 42.5 Å². The van der Waals surface area contributed by atoms with E-state index in [9.17, 15) is 14.4 Å². The van der Waals surface area contributed by atoms with Gasteiger partial charge in [-0.15, -0.1) is 0 Å². The van der Waals surface area contributed by atoms with E-state index < -0.39 is 6.04 Å². The van der Waals surface area contributed by atoms with Crippen LogP contribution in [0.25, 0.3) is 10.9 Å². The number of carbonyl (C=O) groups is 3. The third kappa shape index (κ3) is 4.82. The molecule has 2 aliphatic rings. The van der Waals surface area contributed by atoms with Crippen LogP contribution in [0.3, 0.4) is 0 Å². The molecule has 3 N–H and O–H groups in total. The van der Waals surface area contributed by atoms with Gasteiger partial charge in [0.05, 0.1) is 22.9 Å². The molecule has 1 saturated heterocycles. The number of rotatable bonds is 6. The Hall–Kier alpha value is -4.31. The van der Waals surface area contributed by atoms with Gasteiger partial charge in [-0.3, -0.25) is 19.4 Å². The normalized spacial score (nSPS) is 15.9. The van der Waals surface area contributed by atoms with Crippen molar-refractivity contribution in [1.82, 2.24) is 25.5 Å². The summed E-state index contributed by atoms with van der Waals surface area (Å²) in [6, 6.07) is 16.2. The Morgan fingerprint density at radius 2 is 1.92 bits per heavy atom. The maximum atomic E-state index is 12.9. The Morgan fingerprint density at radius 3 is 2.82 bits per heavy atom. The van der Waals surface area contributed by atoms with Gasteiger partial charge in [0.1, 0.15) is 17.5 Å². The summed E-state index contributed by atoms with van der Waals surface area (Å²) in [5.74, 6) is 0.491. The highest BCUT2D eigenvalue weighted by Crippen LogP contribution is 2.46. The van der Waals surface area contributed by atoms with Crippen LogP contribution in [0.4, 0.5) is 0 Å². The van der Waals surface area contributed by atoms with Gasteiger partial charge in [0.25, 0.3) is 5.91 Å². The van der Waals surface area contributed by atoms with Crippen molar-refractivity contribution in [1.29, 1.82) is 0 Å². The number of hydrogen-bond acceptors (Lipinski definition) is 6. The fraction of sp³-hybridized carbons (Fsp3) is 0.214. The number of ether oxygens (including phenoxy) is 1. The molecule has 1 fully saturated rings. The second-order valence-electron chi connectivity index (χ2n) is 9.22. The molecule has 0 saturated carbocycles. The minimum absolute atomic E-state index is 0.187. The zero-order valence-electron chi connectivity index (χ0n) is 20.4. The number of H-pyrrole nitrogens is 1. The molecule has 4 heterocycles. The molecule has 4 aromatic rings. The molecule has 6 rings (SSSR count). The summed E-state index contributed by atoms with van der Waals surface area (Å²) >= 11 is 1.58. The summed E-state index contributed by atoms with van der Waals surface area (Å²) in [6.07, 6.45) is 4.79. The van der Waals surface area contributed by atoms with Crippen molar-refractivity contribution >= 4 is 40.4 Å². The van der Waals surface area contributed by atoms with Gasteiger partial charge in [0, 0.05) is 41.1 Å². The van der Waals surface area contributed by atoms with E-state index in [4.69, 9.17) is 4.74 Å². The molecule has 9 nitrogen and oxygen atoms in total. The number of para-hydroxylation sites is 1. The predicted molar refractivity (Wildman–Crippen MR) is 142 cm³/mol. The highest BCUT2D eigenvalue weighted by atomic mass is 32.2. The van der Waals surface area contributed by atoms with Crippen molar-refractivity contribution < 1.29 is 19.1 Å². The molecule has 38 heavy (non-hydrogen) atoms. The second kappa shape index (κ2) is 10.2. The minimum atomic E-state index is -0.556. The van der Waals surface area contributed by atoms with Gasteiger partial charge in [-0.2, -0.15) is 0 Å². The first-order valence-corrected chi connectivity index (χ1v) is 13.2. The second-order valence-corrected chi connectivity index (χ2v) is 10.3. The lowest BCUT2D eigenvalue weighted by Crippen LogP contribution is -2.48. The number of aromatic amines is 1. The van der Waals surface area contributed by atoms with Crippen molar-refractivity contribution in [3.05, 3.63) is 78.2 Å². The van der Waals surface area contributed by atoms with Crippen LogP contribution in [0.15, 0.2) is 76.8 Å². The van der Waals surface area contributed by atoms with Gasteiger partial charge in [0.2, 0.25) is 11.8 Å². The number of fused-ring (bicyclic) bond motifs is 3. The summed E-state index contributed by atoms with van der Waals surface area (Å²) in [7, 11) is 0. The molecule has 0 bridgehead atoms. The Kier molecular flexibility index (Phi) is 6.47. The molecule has 2 aromatic carbocycles. The number of benzene rings is 2. The lowest BCUT2D eigenvalue weighted by molar-refractivity contribution is -0.137. The largest absolute Gasteiger partial charge is 0.455 e. The molecule has 2 aromatic heterocycles. The van der Waals surface area contributed by atoms with Crippen LogP contribution in [0.5, 0.6) is 11.5 Å². The Morgan fingerprint density at radius 1 is 1.05 bits per heavy atom. The standard InChI is InChI=1S/C28H25N5O4S/c34-26(16-31-27(35)17-7-8-25-23(13-17)37-22-5-1-2-6-24(22)38-25)33-11-3-4-21(33)28(36)30-15-19-12-18-14-29-10-9-20(18)32-19/h1-2,5-10,12-14,21,32H,3-4,11,15-16H2,(H,30,36)(H,31,35)/t21-/m0/s1. The molecular formula is C28H25N5O4S. The smallest absolute Gasteiger partial charge is 0.251 e. The van der Waals surface area contributed by atoms with E-state index in [0.717, 1.165) is 38.6 Å². The molecule has 2 aliphatic heterocycles. The van der Waals surface area contributed by atoms with E-state index >= 15 is 0 Å². The number of nitrogens with zero attached hydrogens (tertiary/aromatic N) is 2. The van der Waals surface area contributed by atoms with E-state index in [2.05, 4.69) is 20.6 Å². The number of pyridine rings is 1. The quantitative estimate of drug-likeness (QED) is 0.309. The highest BCUT2D eigenvalue weighted by molar-refractivity contribution is 7.99. The third-order valence-electron chi connectivity index (χ3n) is 6.70. The number of aromatic nitrogens is 2. The van der Waals surface area contributed by atoms with E-state index in [0.29, 0.717) is 30.8 Å². The van der Waals surface area contributed by atoms with Gasteiger partial charge < -0.3 is 25.3 Å². The van der Waals surface area contributed by atoms with Crippen LogP contribution in [0.2, 0.25) is 0 Å². The van der Waals surface area contributed by atoms with Crippen molar-refractivity contribution in [2.45, 2.75) is 35.2 Å². The van der Waals surface area contributed by atoms with Crippen LogP contribution in [0, 0.1) is 0 Å². The van der Waals surface area contributed by atoms with Crippen LogP contribution < -0.4 is 15.4 Å². The van der Waals surface area contributed by atoms with Crippen molar-refractivity contribution in [3.8, 4) is 11.5 Å². The number of amides is 3. The van der Waals surface area contributed by atoms with E-state index in [1.165, 1.54) is 0 Å². The minimum Gasteiger partial charge on any atom is -0.455 e. The number of hydrogen-bond donors (Lipinski definition) is 3. The van der Waals surface area contributed by atoms with Gasteiger partial charge in [-0.25, -0.2) is 0 Å². The summed E-state index contributed by atoms with van der Waals surface area (Å²) in [5.41, 5.74) is 2.22. The first-order valence-electron chi connectivity index (χ1n) is 12.4. The molecule has 0 unspecified atom stereocenters. The fourth-order valence-corrected chi connectivity index (χ4v) is 5.73.